The molecule has 1 atom stereocenters. The second kappa shape index (κ2) is 8.49. The summed E-state index contributed by atoms with van der Waals surface area (Å²) in [5.74, 6) is -1.34. The van der Waals surface area contributed by atoms with Crippen LogP contribution in [0.5, 0.6) is 0 Å². The van der Waals surface area contributed by atoms with Gasteiger partial charge >= 0.3 is 0 Å². The lowest BCUT2D eigenvalue weighted by Crippen LogP contribution is -2.47. The van der Waals surface area contributed by atoms with Crippen molar-refractivity contribution in [3.05, 3.63) is 71.0 Å². The van der Waals surface area contributed by atoms with Crippen molar-refractivity contribution >= 4 is 0 Å². The first-order valence-corrected chi connectivity index (χ1v) is 10.5. The molecule has 4 rings (SSSR count). The van der Waals surface area contributed by atoms with Gasteiger partial charge in [0.1, 0.15) is 17.5 Å². The van der Waals surface area contributed by atoms with Crippen LogP contribution in [0.15, 0.2) is 42.5 Å². The van der Waals surface area contributed by atoms with Gasteiger partial charge in [-0.15, -0.1) is 0 Å². The van der Waals surface area contributed by atoms with Gasteiger partial charge in [-0.25, -0.2) is 13.2 Å². The molecular formula is C24H28F3NO. The lowest BCUT2D eigenvalue weighted by Gasteiger charge is -2.47. The molecule has 1 spiro atoms. The molecule has 1 aliphatic heterocycles. The summed E-state index contributed by atoms with van der Waals surface area (Å²) in [5.41, 5.74) is 1.38. The van der Waals surface area contributed by atoms with Crippen molar-refractivity contribution in [3.63, 3.8) is 0 Å². The number of benzene rings is 2. The van der Waals surface area contributed by atoms with Crippen LogP contribution in [0.2, 0.25) is 0 Å². The van der Waals surface area contributed by atoms with Crippen LogP contribution in [0.25, 0.3) is 0 Å². The van der Waals surface area contributed by atoms with E-state index in [-0.39, 0.29) is 16.8 Å². The fraction of sp³-hybridized carbons (Fsp3) is 0.500. The lowest BCUT2D eigenvalue weighted by molar-refractivity contribution is -0.103. The summed E-state index contributed by atoms with van der Waals surface area (Å²) >= 11 is 0. The van der Waals surface area contributed by atoms with Crippen molar-refractivity contribution in [1.29, 1.82) is 0 Å². The van der Waals surface area contributed by atoms with Gasteiger partial charge in [0.25, 0.3) is 0 Å². The van der Waals surface area contributed by atoms with Gasteiger partial charge in [0, 0.05) is 24.6 Å². The van der Waals surface area contributed by atoms with Gasteiger partial charge in [0.2, 0.25) is 0 Å². The quantitative estimate of drug-likeness (QED) is 0.630. The Morgan fingerprint density at radius 2 is 1.66 bits per heavy atom. The summed E-state index contributed by atoms with van der Waals surface area (Å²) in [5, 5.41) is 3.32. The van der Waals surface area contributed by atoms with Crippen molar-refractivity contribution in [2.45, 2.75) is 62.5 Å². The molecule has 1 saturated carbocycles. The molecular weight excluding hydrogens is 375 g/mol. The standard InChI is InChI=1S/C24H28F3NO/c25-20-5-3-4-19(14-20)23(9-11-29-24(17-23)6-1-2-7-24)8-10-28-16-18-12-21(26)15-22(27)13-18/h3-5,12-15,28H,1-2,6-11,16-17H2/t23-/m1/s1. The first kappa shape index (κ1) is 20.4. The number of halogens is 3. The van der Waals surface area contributed by atoms with Gasteiger partial charge in [-0.1, -0.05) is 25.0 Å². The van der Waals surface area contributed by atoms with Crippen LogP contribution in [0.4, 0.5) is 13.2 Å². The fourth-order valence-corrected chi connectivity index (χ4v) is 5.26. The Kier molecular flexibility index (Phi) is 5.98. The molecule has 2 aromatic carbocycles. The molecule has 0 radical (unpaired) electrons. The monoisotopic (exact) mass is 403 g/mol. The summed E-state index contributed by atoms with van der Waals surface area (Å²) < 4.78 is 47.1. The summed E-state index contributed by atoms with van der Waals surface area (Å²) in [6, 6.07) is 10.5. The second-order valence-corrected chi connectivity index (χ2v) is 8.66. The number of ether oxygens (including phenoxy) is 1. The Bertz CT molecular complexity index is 830. The van der Waals surface area contributed by atoms with Crippen molar-refractivity contribution in [2.24, 2.45) is 0 Å². The predicted molar refractivity (Wildman–Crippen MR) is 107 cm³/mol. The Morgan fingerprint density at radius 1 is 0.897 bits per heavy atom. The molecule has 2 fully saturated rings. The van der Waals surface area contributed by atoms with Gasteiger partial charge < -0.3 is 10.1 Å². The molecule has 1 N–H and O–H groups in total. The zero-order valence-corrected chi connectivity index (χ0v) is 16.7. The molecule has 1 saturated heterocycles. The SMILES string of the molecule is Fc1cc(F)cc(CNCC[C@@]2(c3cccc(F)c3)CCOC3(CCCC3)C2)c1. The molecule has 2 nitrogen and oxygen atoms in total. The van der Waals surface area contributed by atoms with Gasteiger partial charge in [-0.05, 0) is 74.0 Å². The van der Waals surface area contributed by atoms with E-state index in [2.05, 4.69) is 5.32 Å². The molecule has 29 heavy (non-hydrogen) atoms. The molecule has 0 unspecified atom stereocenters. The molecule has 156 valence electrons. The van der Waals surface area contributed by atoms with E-state index in [1.54, 1.807) is 12.1 Å². The maximum absolute atomic E-state index is 14.0. The number of hydrogen-bond donors (Lipinski definition) is 1. The predicted octanol–water partition coefficient (Wildman–Crippen LogP) is 5.64. The average Bonchev–Trinajstić information content (AvgIpc) is 3.12. The highest BCUT2D eigenvalue weighted by molar-refractivity contribution is 5.28. The van der Waals surface area contributed by atoms with Crippen molar-refractivity contribution in [2.75, 3.05) is 13.2 Å². The topological polar surface area (TPSA) is 21.3 Å². The molecule has 1 aliphatic carbocycles. The Balaban J connectivity index is 1.48. The molecule has 1 heterocycles. The highest BCUT2D eigenvalue weighted by Gasteiger charge is 2.47. The van der Waals surface area contributed by atoms with E-state index < -0.39 is 11.6 Å². The van der Waals surface area contributed by atoms with E-state index >= 15 is 0 Å². The van der Waals surface area contributed by atoms with E-state index in [1.807, 2.05) is 6.07 Å². The Labute approximate surface area is 170 Å². The van der Waals surface area contributed by atoms with E-state index in [0.29, 0.717) is 25.3 Å². The maximum Gasteiger partial charge on any atom is 0.126 e. The third-order valence-corrected chi connectivity index (χ3v) is 6.63. The van der Waals surface area contributed by atoms with Crippen LogP contribution in [0.3, 0.4) is 0 Å². The second-order valence-electron chi connectivity index (χ2n) is 8.66. The van der Waals surface area contributed by atoms with Gasteiger partial charge in [0.05, 0.1) is 5.60 Å². The van der Waals surface area contributed by atoms with Crippen molar-refractivity contribution in [1.82, 2.24) is 5.32 Å². The van der Waals surface area contributed by atoms with Crippen LogP contribution in [-0.4, -0.2) is 18.8 Å². The fourth-order valence-electron chi connectivity index (χ4n) is 5.26. The average molecular weight is 403 g/mol. The smallest absolute Gasteiger partial charge is 0.126 e. The third-order valence-electron chi connectivity index (χ3n) is 6.63. The molecule has 0 aromatic heterocycles. The summed E-state index contributed by atoms with van der Waals surface area (Å²) in [6.07, 6.45) is 7.10. The van der Waals surface area contributed by atoms with Gasteiger partial charge in [-0.3, -0.25) is 0 Å². The van der Waals surface area contributed by atoms with Gasteiger partial charge in [0.15, 0.2) is 0 Å². The zero-order valence-electron chi connectivity index (χ0n) is 16.7. The number of hydrogen-bond acceptors (Lipinski definition) is 2. The minimum Gasteiger partial charge on any atom is -0.375 e. The molecule has 5 heteroatoms. The zero-order chi connectivity index (χ0) is 20.3. The Morgan fingerprint density at radius 3 is 2.38 bits per heavy atom. The first-order valence-electron chi connectivity index (χ1n) is 10.5. The van der Waals surface area contributed by atoms with E-state index in [9.17, 15) is 13.2 Å². The van der Waals surface area contributed by atoms with E-state index in [1.165, 1.54) is 31.0 Å². The summed E-state index contributed by atoms with van der Waals surface area (Å²) in [6.45, 7) is 1.77. The summed E-state index contributed by atoms with van der Waals surface area (Å²) in [7, 11) is 0. The minimum absolute atomic E-state index is 0.0870. The first-order chi connectivity index (χ1) is 14.0. The van der Waals surface area contributed by atoms with Crippen molar-refractivity contribution in [3.8, 4) is 0 Å². The van der Waals surface area contributed by atoms with Crippen LogP contribution < -0.4 is 5.32 Å². The third kappa shape index (κ3) is 4.67. The minimum atomic E-state index is -0.564. The highest BCUT2D eigenvalue weighted by atomic mass is 19.1. The molecule has 2 aliphatic rings. The van der Waals surface area contributed by atoms with Crippen molar-refractivity contribution < 1.29 is 17.9 Å². The molecule has 0 bridgehead atoms. The van der Waals surface area contributed by atoms with Crippen LogP contribution in [0.1, 0.15) is 56.1 Å². The Hall–Kier alpha value is -1.85. The normalized spacial score (nSPS) is 23.6. The van der Waals surface area contributed by atoms with E-state index in [0.717, 1.165) is 43.7 Å². The lowest BCUT2D eigenvalue weighted by atomic mass is 9.66. The highest BCUT2D eigenvalue weighted by Crippen LogP contribution is 2.50. The number of nitrogens with one attached hydrogen (secondary N) is 1. The number of rotatable bonds is 6. The van der Waals surface area contributed by atoms with Crippen LogP contribution in [-0.2, 0) is 16.7 Å². The van der Waals surface area contributed by atoms with E-state index in [4.69, 9.17) is 4.74 Å². The van der Waals surface area contributed by atoms with Gasteiger partial charge in [-0.2, -0.15) is 0 Å². The maximum atomic E-state index is 14.0. The van der Waals surface area contributed by atoms with Crippen LogP contribution in [0, 0.1) is 17.5 Å². The largest absolute Gasteiger partial charge is 0.375 e. The molecule has 2 aromatic rings. The van der Waals surface area contributed by atoms with Crippen LogP contribution >= 0.6 is 0 Å². The molecule has 0 amide bonds. The summed E-state index contributed by atoms with van der Waals surface area (Å²) in [4.78, 5) is 0.